The van der Waals surface area contributed by atoms with E-state index in [0.29, 0.717) is 29.7 Å². The van der Waals surface area contributed by atoms with E-state index < -0.39 is 0 Å². The number of fused-ring (bicyclic) bond motifs is 1. The van der Waals surface area contributed by atoms with E-state index in [-0.39, 0.29) is 11.5 Å². The Morgan fingerprint density at radius 3 is 3.17 bits per heavy atom. The summed E-state index contributed by atoms with van der Waals surface area (Å²) in [4.78, 5) is 28.6. The van der Waals surface area contributed by atoms with E-state index in [2.05, 4.69) is 37.3 Å². The van der Waals surface area contributed by atoms with Gasteiger partial charge < -0.3 is 10.3 Å². The number of hydrogen-bond acceptors (Lipinski definition) is 4. The van der Waals surface area contributed by atoms with E-state index in [1.165, 1.54) is 13.3 Å². The predicted molar refractivity (Wildman–Crippen MR) is 64.7 cm³/mol. The first-order valence-corrected chi connectivity index (χ1v) is 5.33. The topological polar surface area (TPSA) is 104 Å². The average molecular weight is 245 g/mol. The molecule has 2 heterocycles. The van der Waals surface area contributed by atoms with Gasteiger partial charge in [0.15, 0.2) is 5.65 Å². The minimum absolute atomic E-state index is 0.0931. The molecule has 18 heavy (non-hydrogen) atoms. The van der Waals surface area contributed by atoms with Crippen LogP contribution in [0.25, 0.3) is 11.0 Å². The zero-order valence-electron chi connectivity index (χ0n) is 9.70. The van der Waals surface area contributed by atoms with Crippen LogP contribution in [0, 0.1) is 11.8 Å². The third-order valence-electron chi connectivity index (χ3n) is 2.19. The summed E-state index contributed by atoms with van der Waals surface area (Å²) in [5.41, 5.74) is 0.493. The van der Waals surface area contributed by atoms with E-state index in [4.69, 9.17) is 0 Å². The van der Waals surface area contributed by atoms with E-state index in [1.807, 2.05) is 0 Å². The van der Waals surface area contributed by atoms with Crippen LogP contribution >= 0.6 is 0 Å². The SMILES string of the molecule is CC(=O)NCCC#Cc1[nH]nc2nc[nH]c(=O)c12. The summed E-state index contributed by atoms with van der Waals surface area (Å²) in [6, 6.07) is 0. The predicted octanol–water partition coefficient (Wildman–Crippen LogP) is -0.476. The molecular weight excluding hydrogens is 234 g/mol. The number of hydrogen-bond donors (Lipinski definition) is 3. The molecule has 2 aromatic rings. The fraction of sp³-hybridized carbons (Fsp3) is 0.273. The smallest absolute Gasteiger partial charge is 0.263 e. The first-order valence-electron chi connectivity index (χ1n) is 5.33. The van der Waals surface area contributed by atoms with Crippen molar-refractivity contribution in [2.75, 3.05) is 6.54 Å². The van der Waals surface area contributed by atoms with Gasteiger partial charge in [0.25, 0.3) is 5.56 Å². The summed E-state index contributed by atoms with van der Waals surface area (Å²) >= 11 is 0. The van der Waals surface area contributed by atoms with E-state index in [1.54, 1.807) is 0 Å². The van der Waals surface area contributed by atoms with Crippen LogP contribution in [-0.2, 0) is 4.79 Å². The van der Waals surface area contributed by atoms with Crippen LogP contribution < -0.4 is 10.9 Å². The molecule has 0 aliphatic carbocycles. The number of aromatic amines is 2. The van der Waals surface area contributed by atoms with Crippen molar-refractivity contribution in [2.24, 2.45) is 0 Å². The zero-order valence-corrected chi connectivity index (χ0v) is 9.70. The Kier molecular flexibility index (Phi) is 3.38. The molecule has 0 aliphatic rings. The molecule has 7 nitrogen and oxygen atoms in total. The average Bonchev–Trinajstić information content (AvgIpc) is 2.73. The molecular formula is C11H11N5O2. The van der Waals surface area contributed by atoms with Gasteiger partial charge in [0, 0.05) is 19.9 Å². The highest BCUT2D eigenvalue weighted by atomic mass is 16.1. The largest absolute Gasteiger partial charge is 0.355 e. The molecule has 7 heteroatoms. The van der Waals surface area contributed by atoms with E-state index in [9.17, 15) is 9.59 Å². The third-order valence-corrected chi connectivity index (χ3v) is 2.19. The second-order valence-electron chi connectivity index (χ2n) is 3.56. The number of aromatic nitrogens is 4. The van der Waals surface area contributed by atoms with Crippen LogP contribution in [0.15, 0.2) is 11.1 Å². The molecule has 0 atom stereocenters. The highest BCUT2D eigenvalue weighted by Gasteiger charge is 2.07. The Labute approximate surface area is 102 Å². The number of rotatable bonds is 2. The number of nitrogens with zero attached hydrogens (tertiary/aromatic N) is 2. The van der Waals surface area contributed by atoms with Crippen LogP contribution in [0.3, 0.4) is 0 Å². The molecule has 0 bridgehead atoms. The van der Waals surface area contributed by atoms with Crippen molar-refractivity contribution in [1.82, 2.24) is 25.5 Å². The molecule has 0 fully saturated rings. The lowest BCUT2D eigenvalue weighted by Gasteiger charge is -1.94. The summed E-state index contributed by atoms with van der Waals surface area (Å²) in [6.45, 7) is 1.92. The Balaban J connectivity index is 2.15. The van der Waals surface area contributed by atoms with Gasteiger partial charge in [-0.25, -0.2) is 4.98 Å². The normalized spacial score (nSPS) is 9.83. The molecule has 0 aliphatic heterocycles. The van der Waals surface area contributed by atoms with Gasteiger partial charge in [-0.05, 0) is 5.92 Å². The Bertz CT molecular complexity index is 689. The van der Waals surface area contributed by atoms with Crippen LogP contribution in [-0.4, -0.2) is 32.6 Å². The third kappa shape index (κ3) is 2.55. The Morgan fingerprint density at radius 1 is 1.56 bits per heavy atom. The minimum Gasteiger partial charge on any atom is -0.355 e. The van der Waals surface area contributed by atoms with Gasteiger partial charge in [-0.3, -0.25) is 14.7 Å². The quantitative estimate of drug-likeness (QED) is 0.491. The first-order chi connectivity index (χ1) is 8.68. The van der Waals surface area contributed by atoms with E-state index >= 15 is 0 Å². The second kappa shape index (κ2) is 5.14. The molecule has 92 valence electrons. The monoisotopic (exact) mass is 245 g/mol. The van der Waals surface area contributed by atoms with E-state index in [0.717, 1.165) is 0 Å². The van der Waals surface area contributed by atoms with Gasteiger partial charge >= 0.3 is 0 Å². The molecule has 0 aromatic carbocycles. The highest BCUT2D eigenvalue weighted by Crippen LogP contribution is 2.05. The number of H-pyrrole nitrogens is 2. The molecule has 0 saturated heterocycles. The van der Waals surface area contributed by atoms with Crippen LogP contribution in [0.2, 0.25) is 0 Å². The number of amides is 1. The maximum absolute atomic E-state index is 11.6. The van der Waals surface area contributed by atoms with Gasteiger partial charge in [-0.15, -0.1) is 0 Å². The molecule has 0 radical (unpaired) electrons. The molecule has 0 unspecified atom stereocenters. The van der Waals surface area contributed by atoms with Gasteiger partial charge in [0.1, 0.15) is 11.1 Å². The van der Waals surface area contributed by atoms with Crippen LogP contribution in [0.4, 0.5) is 0 Å². The lowest BCUT2D eigenvalue weighted by atomic mass is 10.3. The van der Waals surface area contributed by atoms with Crippen molar-refractivity contribution in [2.45, 2.75) is 13.3 Å². The minimum atomic E-state index is -0.278. The lowest BCUT2D eigenvalue weighted by molar-refractivity contribution is -0.118. The summed E-state index contributed by atoms with van der Waals surface area (Å²) in [5, 5.41) is 9.52. The zero-order chi connectivity index (χ0) is 13.0. The Hall–Kier alpha value is -2.62. The lowest BCUT2D eigenvalue weighted by Crippen LogP contribution is -2.20. The first kappa shape index (κ1) is 11.9. The molecule has 0 saturated carbocycles. The molecule has 3 N–H and O–H groups in total. The van der Waals surface area contributed by atoms with Crippen molar-refractivity contribution >= 4 is 16.9 Å². The standard InChI is InChI=1S/C11H11N5O2/c1-7(17)12-5-3-2-4-8-9-10(16-15-8)13-6-14-11(9)18/h6H,3,5H2,1H3,(H,12,17)(H2,13,14,15,16,18). The summed E-state index contributed by atoms with van der Waals surface area (Å²) in [7, 11) is 0. The molecule has 2 rings (SSSR count). The molecule has 1 amide bonds. The summed E-state index contributed by atoms with van der Waals surface area (Å²) in [6.07, 6.45) is 1.79. The highest BCUT2D eigenvalue weighted by molar-refractivity contribution is 5.79. The van der Waals surface area contributed by atoms with Crippen molar-refractivity contribution in [3.8, 4) is 11.8 Å². The van der Waals surface area contributed by atoms with Crippen LogP contribution in [0.5, 0.6) is 0 Å². The maximum atomic E-state index is 11.6. The van der Waals surface area contributed by atoms with Crippen molar-refractivity contribution in [3.05, 3.63) is 22.4 Å². The van der Waals surface area contributed by atoms with Crippen molar-refractivity contribution < 1.29 is 4.79 Å². The van der Waals surface area contributed by atoms with Gasteiger partial charge in [0.05, 0.1) is 6.33 Å². The summed E-state index contributed by atoms with van der Waals surface area (Å²) < 4.78 is 0. The number of carbonyl (C=O) groups is 1. The molecule has 2 aromatic heterocycles. The van der Waals surface area contributed by atoms with Gasteiger partial charge in [0.2, 0.25) is 5.91 Å². The Morgan fingerprint density at radius 2 is 2.39 bits per heavy atom. The van der Waals surface area contributed by atoms with Gasteiger partial charge in [-0.1, -0.05) is 5.92 Å². The maximum Gasteiger partial charge on any atom is 0.263 e. The van der Waals surface area contributed by atoms with Crippen molar-refractivity contribution in [3.63, 3.8) is 0 Å². The van der Waals surface area contributed by atoms with Crippen molar-refractivity contribution in [1.29, 1.82) is 0 Å². The van der Waals surface area contributed by atoms with Crippen LogP contribution in [0.1, 0.15) is 19.0 Å². The number of carbonyl (C=O) groups excluding carboxylic acids is 1. The number of nitrogens with one attached hydrogen (secondary N) is 3. The fourth-order valence-electron chi connectivity index (χ4n) is 1.41. The summed E-state index contributed by atoms with van der Waals surface area (Å²) in [5.74, 6) is 5.56. The molecule has 0 spiro atoms. The second-order valence-corrected chi connectivity index (χ2v) is 3.56. The van der Waals surface area contributed by atoms with Gasteiger partial charge in [-0.2, -0.15) is 5.10 Å². The fourth-order valence-corrected chi connectivity index (χ4v) is 1.41.